The van der Waals surface area contributed by atoms with E-state index in [2.05, 4.69) is 10.1 Å². The molecule has 126 valence electrons. The summed E-state index contributed by atoms with van der Waals surface area (Å²) in [4.78, 5) is 24.3. The van der Waals surface area contributed by atoms with Crippen molar-refractivity contribution < 1.29 is 14.3 Å². The van der Waals surface area contributed by atoms with Gasteiger partial charge in [0.25, 0.3) is 0 Å². The van der Waals surface area contributed by atoms with Crippen LogP contribution in [0.4, 0.5) is 0 Å². The van der Waals surface area contributed by atoms with E-state index in [1.54, 1.807) is 55.5 Å². The van der Waals surface area contributed by atoms with Crippen LogP contribution in [-0.4, -0.2) is 25.0 Å². The van der Waals surface area contributed by atoms with Gasteiger partial charge in [-0.3, -0.25) is 4.79 Å². The average Bonchev–Trinajstić information content (AvgIpc) is 2.57. The van der Waals surface area contributed by atoms with Crippen LogP contribution in [0.2, 0.25) is 10.0 Å². The van der Waals surface area contributed by atoms with Crippen LogP contribution in [0.1, 0.15) is 24.0 Å². The van der Waals surface area contributed by atoms with Crippen LogP contribution < -0.4 is 5.32 Å². The number of halogens is 2. The largest absolute Gasteiger partial charge is 0.467 e. The molecule has 0 aliphatic rings. The number of carbonyl (C=O) groups is 2. The first-order chi connectivity index (χ1) is 11.4. The molecule has 4 nitrogen and oxygen atoms in total. The Hall–Kier alpha value is -2.04. The van der Waals surface area contributed by atoms with E-state index in [9.17, 15) is 9.59 Å². The lowest BCUT2D eigenvalue weighted by molar-refractivity contribution is -0.144. The van der Waals surface area contributed by atoms with Crippen LogP contribution in [0.15, 0.2) is 48.5 Å². The molecule has 6 heteroatoms. The molecule has 0 aliphatic heterocycles. The average molecular weight is 366 g/mol. The number of carbonyl (C=O) groups excluding carboxylic acids is 2. The predicted molar refractivity (Wildman–Crippen MR) is 94.4 cm³/mol. The monoisotopic (exact) mass is 365 g/mol. The number of benzene rings is 2. The van der Waals surface area contributed by atoms with Gasteiger partial charge in [0.05, 0.1) is 13.0 Å². The summed E-state index contributed by atoms with van der Waals surface area (Å²) in [6.45, 7) is 1.57. The molecule has 0 bridgehead atoms. The van der Waals surface area contributed by atoms with Gasteiger partial charge >= 0.3 is 5.97 Å². The zero-order valence-corrected chi connectivity index (χ0v) is 14.8. The first-order valence-corrected chi connectivity index (χ1v) is 8.07. The lowest BCUT2D eigenvalue weighted by Gasteiger charge is -2.20. The molecule has 2 aromatic carbocycles. The summed E-state index contributed by atoms with van der Waals surface area (Å²) in [5, 5.41) is 3.84. The van der Waals surface area contributed by atoms with Crippen molar-refractivity contribution in [2.24, 2.45) is 0 Å². The molecule has 0 aromatic heterocycles. The summed E-state index contributed by atoms with van der Waals surface area (Å²) in [7, 11) is 1.28. The van der Waals surface area contributed by atoms with Crippen molar-refractivity contribution in [1.29, 1.82) is 0 Å². The maximum absolute atomic E-state index is 12.8. The van der Waals surface area contributed by atoms with Gasteiger partial charge in [0.1, 0.15) is 6.04 Å². The Morgan fingerprint density at radius 3 is 1.71 bits per heavy atom. The summed E-state index contributed by atoms with van der Waals surface area (Å²) >= 11 is 11.9. The van der Waals surface area contributed by atoms with Gasteiger partial charge in [0.2, 0.25) is 5.91 Å². The fourth-order valence-electron chi connectivity index (χ4n) is 2.34. The Morgan fingerprint density at radius 1 is 0.917 bits per heavy atom. The molecule has 0 fully saturated rings. The van der Waals surface area contributed by atoms with E-state index in [1.165, 1.54) is 7.11 Å². The zero-order chi connectivity index (χ0) is 17.7. The van der Waals surface area contributed by atoms with E-state index in [-0.39, 0.29) is 5.91 Å². The molecule has 0 saturated heterocycles. The maximum atomic E-state index is 12.8. The highest BCUT2D eigenvalue weighted by Crippen LogP contribution is 2.27. The second-order valence-corrected chi connectivity index (χ2v) is 6.16. The van der Waals surface area contributed by atoms with Crippen LogP contribution in [0, 0.1) is 0 Å². The van der Waals surface area contributed by atoms with E-state index in [1.807, 2.05) is 0 Å². The second kappa shape index (κ2) is 8.18. The number of amides is 1. The lowest BCUT2D eigenvalue weighted by Crippen LogP contribution is -2.41. The number of hydrogen-bond acceptors (Lipinski definition) is 3. The molecule has 1 amide bonds. The fraction of sp³-hybridized carbons (Fsp3) is 0.222. The third-order valence-electron chi connectivity index (χ3n) is 3.58. The van der Waals surface area contributed by atoms with Crippen molar-refractivity contribution in [2.75, 3.05) is 7.11 Å². The minimum atomic E-state index is -0.746. The van der Waals surface area contributed by atoms with E-state index < -0.39 is 17.9 Å². The molecule has 1 unspecified atom stereocenters. The predicted octanol–water partition coefficient (Wildman–Crippen LogP) is 3.80. The Bertz CT molecular complexity index is 669. The van der Waals surface area contributed by atoms with Crippen molar-refractivity contribution in [3.8, 4) is 0 Å². The number of rotatable bonds is 5. The third kappa shape index (κ3) is 4.49. The summed E-state index contributed by atoms with van der Waals surface area (Å²) in [6, 6.07) is 13.3. The molecule has 0 spiro atoms. The van der Waals surface area contributed by atoms with E-state index >= 15 is 0 Å². The van der Waals surface area contributed by atoms with Crippen LogP contribution in [0.25, 0.3) is 0 Å². The van der Waals surface area contributed by atoms with Crippen LogP contribution in [0.3, 0.4) is 0 Å². The van der Waals surface area contributed by atoms with Gasteiger partial charge < -0.3 is 10.1 Å². The van der Waals surface area contributed by atoms with Gasteiger partial charge in [-0.1, -0.05) is 47.5 Å². The normalized spacial score (nSPS) is 11.9. The number of methoxy groups -OCH3 is 1. The molecule has 2 rings (SSSR count). The molecule has 0 saturated carbocycles. The molecular formula is C18H17Cl2NO3. The minimum absolute atomic E-state index is 0.308. The maximum Gasteiger partial charge on any atom is 0.328 e. The van der Waals surface area contributed by atoms with Crippen molar-refractivity contribution in [3.63, 3.8) is 0 Å². The summed E-state index contributed by atoms with van der Waals surface area (Å²) in [5.74, 6) is -1.40. The standard InChI is InChI=1S/C18H17Cl2NO3/c1-11(18(23)24-2)21-17(22)16(12-3-7-14(19)8-4-12)13-5-9-15(20)10-6-13/h3-11,16H,1-2H3,(H,21,22). The smallest absolute Gasteiger partial charge is 0.328 e. The van der Waals surface area contributed by atoms with Crippen molar-refractivity contribution >= 4 is 35.1 Å². The molecule has 0 aliphatic carbocycles. The first kappa shape index (κ1) is 18.3. The Morgan fingerprint density at radius 2 is 1.33 bits per heavy atom. The summed E-state index contributed by atoms with van der Waals surface area (Å²) in [5.41, 5.74) is 1.52. The molecule has 24 heavy (non-hydrogen) atoms. The van der Waals surface area contributed by atoms with Gasteiger partial charge in [0.15, 0.2) is 0 Å². The highest BCUT2D eigenvalue weighted by molar-refractivity contribution is 6.30. The fourth-order valence-corrected chi connectivity index (χ4v) is 2.59. The molecule has 0 radical (unpaired) electrons. The zero-order valence-electron chi connectivity index (χ0n) is 13.3. The van der Waals surface area contributed by atoms with Crippen molar-refractivity contribution in [2.45, 2.75) is 18.9 Å². The topological polar surface area (TPSA) is 55.4 Å². The van der Waals surface area contributed by atoms with Gasteiger partial charge in [0, 0.05) is 10.0 Å². The van der Waals surface area contributed by atoms with Gasteiger partial charge in [-0.05, 0) is 42.3 Å². The van der Waals surface area contributed by atoms with E-state index in [0.29, 0.717) is 10.0 Å². The number of hydrogen-bond donors (Lipinski definition) is 1. The molecule has 1 N–H and O–H groups in total. The lowest BCUT2D eigenvalue weighted by atomic mass is 9.90. The van der Waals surface area contributed by atoms with Crippen LogP contribution in [-0.2, 0) is 14.3 Å². The number of ether oxygens (including phenoxy) is 1. The Labute approximate surface area is 150 Å². The Balaban J connectivity index is 2.35. The third-order valence-corrected chi connectivity index (χ3v) is 4.09. The molecule has 2 aromatic rings. The number of esters is 1. The van der Waals surface area contributed by atoms with Gasteiger partial charge in [-0.15, -0.1) is 0 Å². The summed E-state index contributed by atoms with van der Waals surface area (Å²) < 4.78 is 4.65. The highest BCUT2D eigenvalue weighted by Gasteiger charge is 2.26. The molecular weight excluding hydrogens is 349 g/mol. The van der Waals surface area contributed by atoms with Gasteiger partial charge in [-0.25, -0.2) is 4.79 Å². The SMILES string of the molecule is COC(=O)C(C)NC(=O)C(c1ccc(Cl)cc1)c1ccc(Cl)cc1. The molecule has 1 atom stereocenters. The van der Waals surface area contributed by atoms with Crippen molar-refractivity contribution in [1.82, 2.24) is 5.32 Å². The van der Waals surface area contributed by atoms with Crippen LogP contribution >= 0.6 is 23.2 Å². The van der Waals surface area contributed by atoms with Gasteiger partial charge in [-0.2, -0.15) is 0 Å². The highest BCUT2D eigenvalue weighted by atomic mass is 35.5. The first-order valence-electron chi connectivity index (χ1n) is 7.31. The number of nitrogens with one attached hydrogen (secondary N) is 1. The summed E-state index contributed by atoms with van der Waals surface area (Å²) in [6.07, 6.45) is 0. The second-order valence-electron chi connectivity index (χ2n) is 5.29. The molecule has 0 heterocycles. The quantitative estimate of drug-likeness (QED) is 0.819. The van der Waals surface area contributed by atoms with Crippen molar-refractivity contribution in [3.05, 3.63) is 69.7 Å². The van der Waals surface area contributed by atoms with E-state index in [0.717, 1.165) is 11.1 Å². The Kier molecular flexibility index (Phi) is 6.23. The minimum Gasteiger partial charge on any atom is -0.467 e. The van der Waals surface area contributed by atoms with Crippen LogP contribution in [0.5, 0.6) is 0 Å². The van der Waals surface area contributed by atoms with E-state index in [4.69, 9.17) is 23.2 Å².